The zero-order valence-electron chi connectivity index (χ0n) is 10.6. The van der Waals surface area contributed by atoms with Crippen molar-refractivity contribution in [2.24, 2.45) is 5.73 Å². The number of benzene rings is 1. The molecule has 3 nitrogen and oxygen atoms in total. The van der Waals surface area contributed by atoms with Gasteiger partial charge < -0.3 is 10.5 Å². The van der Waals surface area contributed by atoms with E-state index in [1.807, 2.05) is 24.3 Å². The topological polar surface area (TPSA) is 52.3 Å². The first-order chi connectivity index (χ1) is 8.45. The van der Waals surface area contributed by atoms with Gasteiger partial charge in [-0.1, -0.05) is 22.0 Å². The molecule has 18 heavy (non-hydrogen) atoms. The fourth-order valence-corrected chi connectivity index (χ4v) is 3.03. The number of esters is 1. The number of rotatable bonds is 6. The van der Waals surface area contributed by atoms with Crippen LogP contribution in [0.1, 0.15) is 20.3 Å². The summed E-state index contributed by atoms with van der Waals surface area (Å²) in [5.74, 6) is 0.447. The molecule has 0 saturated carbocycles. The predicted octanol–water partition coefficient (Wildman–Crippen LogP) is 3.21. The van der Waals surface area contributed by atoms with Crippen LogP contribution in [0.3, 0.4) is 0 Å². The summed E-state index contributed by atoms with van der Waals surface area (Å²) in [6.07, 6.45) is 0.586. The smallest absolute Gasteiger partial charge is 0.325 e. The molecule has 1 aromatic carbocycles. The largest absolute Gasteiger partial charge is 0.465 e. The Morgan fingerprint density at radius 2 is 2.28 bits per heavy atom. The van der Waals surface area contributed by atoms with Crippen molar-refractivity contribution >= 4 is 33.7 Å². The van der Waals surface area contributed by atoms with E-state index in [1.54, 1.807) is 25.6 Å². The van der Waals surface area contributed by atoms with E-state index < -0.39 is 5.54 Å². The zero-order valence-corrected chi connectivity index (χ0v) is 13.0. The summed E-state index contributed by atoms with van der Waals surface area (Å²) in [6, 6.07) is 8.05. The van der Waals surface area contributed by atoms with E-state index >= 15 is 0 Å². The van der Waals surface area contributed by atoms with E-state index in [9.17, 15) is 4.79 Å². The first-order valence-corrected chi connectivity index (χ1v) is 7.58. The quantitative estimate of drug-likeness (QED) is 0.642. The van der Waals surface area contributed by atoms with Crippen LogP contribution in [0.15, 0.2) is 33.6 Å². The number of hydrogen-bond acceptors (Lipinski definition) is 4. The van der Waals surface area contributed by atoms with E-state index in [-0.39, 0.29) is 5.97 Å². The van der Waals surface area contributed by atoms with Crippen LogP contribution in [0.5, 0.6) is 0 Å². The van der Waals surface area contributed by atoms with Crippen molar-refractivity contribution < 1.29 is 9.53 Å². The number of thioether (sulfide) groups is 1. The van der Waals surface area contributed by atoms with Crippen molar-refractivity contribution in [2.45, 2.75) is 30.7 Å². The molecule has 0 bridgehead atoms. The van der Waals surface area contributed by atoms with Crippen LogP contribution in [0.4, 0.5) is 0 Å². The third-order valence-corrected chi connectivity index (χ3v) is 3.92. The molecule has 0 fully saturated rings. The highest BCUT2D eigenvalue weighted by atomic mass is 79.9. The van der Waals surface area contributed by atoms with Crippen LogP contribution in [-0.2, 0) is 9.53 Å². The van der Waals surface area contributed by atoms with Gasteiger partial charge in [0.2, 0.25) is 0 Å². The molecule has 0 aliphatic carbocycles. The molecule has 1 atom stereocenters. The van der Waals surface area contributed by atoms with Crippen molar-refractivity contribution in [1.29, 1.82) is 0 Å². The summed E-state index contributed by atoms with van der Waals surface area (Å²) in [6.45, 7) is 3.86. The molecule has 0 spiro atoms. The maximum atomic E-state index is 11.6. The van der Waals surface area contributed by atoms with Crippen LogP contribution >= 0.6 is 27.7 Å². The number of carbonyl (C=O) groups is 1. The summed E-state index contributed by atoms with van der Waals surface area (Å²) < 4.78 is 6.00. The fourth-order valence-electron chi connectivity index (χ4n) is 1.34. The third-order valence-electron chi connectivity index (χ3n) is 2.43. The molecule has 5 heteroatoms. The Hall–Kier alpha value is -0.520. The van der Waals surface area contributed by atoms with Gasteiger partial charge in [0.05, 0.1) is 6.61 Å². The van der Waals surface area contributed by atoms with Gasteiger partial charge >= 0.3 is 5.97 Å². The lowest BCUT2D eigenvalue weighted by Crippen LogP contribution is -2.46. The molecule has 0 aromatic heterocycles. The minimum atomic E-state index is -0.908. The minimum absolute atomic E-state index is 0.333. The SMILES string of the molecule is CCOC(=O)C(C)(N)CCSc1cccc(Br)c1. The molecule has 2 N–H and O–H groups in total. The molecule has 1 aromatic rings. The van der Waals surface area contributed by atoms with Gasteiger partial charge in [-0.15, -0.1) is 11.8 Å². The van der Waals surface area contributed by atoms with Crippen molar-refractivity contribution in [3.63, 3.8) is 0 Å². The Morgan fingerprint density at radius 1 is 1.56 bits per heavy atom. The highest BCUT2D eigenvalue weighted by Gasteiger charge is 2.29. The number of hydrogen-bond donors (Lipinski definition) is 1. The van der Waals surface area contributed by atoms with E-state index in [4.69, 9.17) is 10.5 Å². The Labute approximate surface area is 121 Å². The molecule has 0 heterocycles. The lowest BCUT2D eigenvalue weighted by atomic mass is 10.0. The molecule has 0 aliphatic heterocycles. The molecule has 0 amide bonds. The average molecular weight is 332 g/mol. The number of halogens is 1. The van der Waals surface area contributed by atoms with Gasteiger partial charge in [0.15, 0.2) is 0 Å². The highest BCUT2D eigenvalue weighted by molar-refractivity contribution is 9.10. The van der Waals surface area contributed by atoms with Gasteiger partial charge in [0.1, 0.15) is 5.54 Å². The lowest BCUT2D eigenvalue weighted by molar-refractivity contribution is -0.149. The van der Waals surface area contributed by atoms with E-state index in [1.165, 1.54) is 0 Å². The van der Waals surface area contributed by atoms with Crippen LogP contribution in [-0.4, -0.2) is 23.9 Å². The fraction of sp³-hybridized carbons (Fsp3) is 0.462. The Morgan fingerprint density at radius 3 is 2.89 bits per heavy atom. The van der Waals surface area contributed by atoms with Crippen molar-refractivity contribution in [3.05, 3.63) is 28.7 Å². The van der Waals surface area contributed by atoms with E-state index in [0.717, 1.165) is 15.1 Å². The first-order valence-electron chi connectivity index (χ1n) is 5.80. The Balaban J connectivity index is 2.43. The maximum absolute atomic E-state index is 11.6. The second-order valence-corrected chi connectivity index (χ2v) is 6.28. The molecular formula is C13H18BrNO2S. The van der Waals surface area contributed by atoms with Gasteiger partial charge in [-0.25, -0.2) is 0 Å². The maximum Gasteiger partial charge on any atom is 0.325 e. The average Bonchev–Trinajstić information content (AvgIpc) is 2.29. The summed E-state index contributed by atoms with van der Waals surface area (Å²) in [5.41, 5.74) is 5.04. The van der Waals surface area contributed by atoms with E-state index in [2.05, 4.69) is 15.9 Å². The predicted molar refractivity (Wildman–Crippen MR) is 78.7 cm³/mol. The molecule has 0 radical (unpaired) electrons. The van der Waals surface area contributed by atoms with Crippen molar-refractivity contribution in [3.8, 4) is 0 Å². The van der Waals surface area contributed by atoms with Gasteiger partial charge in [-0.3, -0.25) is 4.79 Å². The number of ether oxygens (including phenoxy) is 1. The van der Waals surface area contributed by atoms with Crippen LogP contribution in [0.25, 0.3) is 0 Å². The molecule has 1 unspecified atom stereocenters. The molecule has 100 valence electrons. The van der Waals surface area contributed by atoms with Gasteiger partial charge in [0.25, 0.3) is 0 Å². The normalized spacial score (nSPS) is 14.0. The first kappa shape index (κ1) is 15.5. The van der Waals surface area contributed by atoms with Crippen molar-refractivity contribution in [2.75, 3.05) is 12.4 Å². The standard InChI is InChI=1S/C13H18BrNO2S/c1-3-17-12(16)13(2,15)7-8-18-11-6-4-5-10(14)9-11/h4-6,9H,3,7-8,15H2,1-2H3. The van der Waals surface area contributed by atoms with Gasteiger partial charge in [-0.05, 0) is 38.5 Å². The van der Waals surface area contributed by atoms with Crippen LogP contribution in [0, 0.1) is 0 Å². The number of carbonyl (C=O) groups excluding carboxylic acids is 1. The molecule has 0 aliphatic rings. The second-order valence-electron chi connectivity index (χ2n) is 4.19. The highest BCUT2D eigenvalue weighted by Crippen LogP contribution is 2.24. The van der Waals surface area contributed by atoms with Crippen LogP contribution < -0.4 is 5.73 Å². The minimum Gasteiger partial charge on any atom is -0.465 e. The summed E-state index contributed by atoms with van der Waals surface area (Å²) in [5, 5.41) is 0. The third kappa shape index (κ3) is 5.00. The summed E-state index contributed by atoms with van der Waals surface area (Å²) in [4.78, 5) is 12.8. The van der Waals surface area contributed by atoms with Crippen LogP contribution in [0.2, 0.25) is 0 Å². The zero-order chi connectivity index (χ0) is 13.6. The van der Waals surface area contributed by atoms with Gasteiger partial charge in [0, 0.05) is 15.1 Å². The molecule has 0 saturated heterocycles. The van der Waals surface area contributed by atoms with E-state index in [0.29, 0.717) is 13.0 Å². The Bertz CT molecular complexity index is 410. The molecule has 1 rings (SSSR count). The van der Waals surface area contributed by atoms with Crippen molar-refractivity contribution in [1.82, 2.24) is 0 Å². The monoisotopic (exact) mass is 331 g/mol. The van der Waals surface area contributed by atoms with Gasteiger partial charge in [-0.2, -0.15) is 0 Å². The summed E-state index contributed by atoms with van der Waals surface area (Å²) in [7, 11) is 0. The lowest BCUT2D eigenvalue weighted by Gasteiger charge is -2.21. The summed E-state index contributed by atoms with van der Waals surface area (Å²) >= 11 is 5.10. The second kappa shape index (κ2) is 7.16. The number of nitrogens with two attached hydrogens (primary N) is 1. The Kier molecular flexibility index (Phi) is 6.18. The molecular weight excluding hydrogens is 314 g/mol.